The quantitative estimate of drug-likeness (QED) is 0.878. The van der Waals surface area contributed by atoms with E-state index in [4.69, 9.17) is 5.73 Å². The van der Waals surface area contributed by atoms with Crippen LogP contribution in [-0.4, -0.2) is 18.4 Å². The van der Waals surface area contributed by atoms with E-state index in [1.807, 2.05) is 0 Å². The molecule has 0 aromatic carbocycles. The zero-order valence-electron chi connectivity index (χ0n) is 9.57. The first-order chi connectivity index (χ1) is 8.50. The molecule has 0 saturated carbocycles. The van der Waals surface area contributed by atoms with Crippen molar-refractivity contribution in [2.45, 2.75) is 17.9 Å². The minimum atomic E-state index is -3.69. The highest BCUT2D eigenvalue weighted by Gasteiger charge is 2.22. The van der Waals surface area contributed by atoms with Gasteiger partial charge in [-0.2, -0.15) is 0 Å². The third-order valence-electron chi connectivity index (χ3n) is 2.24. The van der Waals surface area contributed by atoms with Crippen LogP contribution in [-0.2, 0) is 10.0 Å². The number of nitrogens with two attached hydrogens (primary N) is 1. The Hall–Kier alpha value is -1.51. The molecule has 0 aliphatic rings. The van der Waals surface area contributed by atoms with E-state index in [1.165, 1.54) is 29.7 Å². The number of hydrogen-bond donors (Lipinski definition) is 2. The lowest BCUT2D eigenvalue weighted by Gasteiger charge is -2.12. The van der Waals surface area contributed by atoms with Crippen LogP contribution >= 0.6 is 11.3 Å². The molecule has 96 valence electrons. The fourth-order valence-corrected chi connectivity index (χ4v) is 3.44. The number of aromatic nitrogens is 2. The average Bonchev–Trinajstić information content (AvgIpc) is 2.82. The van der Waals surface area contributed by atoms with Gasteiger partial charge in [-0.05, 0) is 19.1 Å². The Morgan fingerprint density at radius 2 is 2.17 bits per heavy atom. The monoisotopic (exact) mass is 284 g/mol. The van der Waals surface area contributed by atoms with Crippen molar-refractivity contribution in [2.24, 2.45) is 0 Å². The molecule has 0 radical (unpaired) electrons. The molecular weight excluding hydrogens is 272 g/mol. The van der Waals surface area contributed by atoms with E-state index >= 15 is 0 Å². The maximum Gasteiger partial charge on any atom is 0.244 e. The second kappa shape index (κ2) is 5.01. The minimum absolute atomic E-state index is 0.0173. The molecule has 1 atom stereocenters. The summed E-state index contributed by atoms with van der Waals surface area (Å²) in [6.45, 7) is 1.73. The summed E-state index contributed by atoms with van der Waals surface area (Å²) in [6.07, 6.45) is 3.07. The maximum atomic E-state index is 12.1. The fraction of sp³-hybridized carbons (Fsp3) is 0.200. The predicted molar refractivity (Wildman–Crippen MR) is 69.5 cm³/mol. The molecule has 1 unspecified atom stereocenters. The number of sulfonamides is 1. The van der Waals surface area contributed by atoms with Crippen LogP contribution in [0.5, 0.6) is 0 Å². The summed E-state index contributed by atoms with van der Waals surface area (Å²) < 4.78 is 26.7. The van der Waals surface area contributed by atoms with Gasteiger partial charge in [0.15, 0.2) is 0 Å². The standard InChI is InChI=1S/C10H12N4O2S2/c1-7(10-13-5-6-17-10)14-18(15,16)8-3-2-4-12-9(8)11/h2-7,14H,1H3,(H2,11,12). The molecule has 6 nitrogen and oxygen atoms in total. The SMILES string of the molecule is CC(NS(=O)(=O)c1cccnc1N)c1nccs1. The van der Waals surface area contributed by atoms with Gasteiger partial charge in [0.1, 0.15) is 15.7 Å². The average molecular weight is 284 g/mol. The Kier molecular flexibility index (Phi) is 3.60. The molecular formula is C10H12N4O2S2. The van der Waals surface area contributed by atoms with Crippen LogP contribution in [0.3, 0.4) is 0 Å². The van der Waals surface area contributed by atoms with Gasteiger partial charge in [-0.3, -0.25) is 0 Å². The molecule has 0 fully saturated rings. The van der Waals surface area contributed by atoms with Gasteiger partial charge in [-0.1, -0.05) is 0 Å². The van der Waals surface area contributed by atoms with Crippen molar-refractivity contribution >= 4 is 27.2 Å². The molecule has 0 amide bonds. The van der Waals surface area contributed by atoms with E-state index in [9.17, 15) is 8.42 Å². The van der Waals surface area contributed by atoms with E-state index < -0.39 is 16.1 Å². The van der Waals surface area contributed by atoms with Crippen LogP contribution in [0.15, 0.2) is 34.8 Å². The number of pyridine rings is 1. The summed E-state index contributed by atoms with van der Waals surface area (Å²) in [7, 11) is -3.69. The largest absolute Gasteiger partial charge is 0.383 e. The molecule has 2 aromatic heterocycles. The van der Waals surface area contributed by atoms with Gasteiger partial charge in [0.25, 0.3) is 0 Å². The van der Waals surface area contributed by atoms with Gasteiger partial charge in [-0.15, -0.1) is 11.3 Å². The highest BCUT2D eigenvalue weighted by molar-refractivity contribution is 7.89. The van der Waals surface area contributed by atoms with Crippen LogP contribution in [0.2, 0.25) is 0 Å². The van der Waals surface area contributed by atoms with E-state index in [-0.39, 0.29) is 10.7 Å². The highest BCUT2D eigenvalue weighted by Crippen LogP contribution is 2.20. The molecule has 8 heteroatoms. The van der Waals surface area contributed by atoms with Gasteiger partial charge in [-0.25, -0.2) is 23.1 Å². The summed E-state index contributed by atoms with van der Waals surface area (Å²) in [6, 6.07) is 2.53. The molecule has 2 heterocycles. The number of nitrogens with zero attached hydrogens (tertiary/aromatic N) is 2. The van der Waals surface area contributed by atoms with Crippen molar-refractivity contribution in [1.29, 1.82) is 0 Å². The fourth-order valence-electron chi connectivity index (χ4n) is 1.42. The van der Waals surface area contributed by atoms with E-state index in [1.54, 1.807) is 18.5 Å². The van der Waals surface area contributed by atoms with Crippen LogP contribution < -0.4 is 10.5 Å². The Labute approximate surface area is 109 Å². The predicted octanol–water partition coefficient (Wildman–Crippen LogP) is 1.16. The lowest BCUT2D eigenvalue weighted by Crippen LogP contribution is -2.27. The molecule has 2 rings (SSSR count). The number of hydrogen-bond acceptors (Lipinski definition) is 6. The van der Waals surface area contributed by atoms with Crippen molar-refractivity contribution in [2.75, 3.05) is 5.73 Å². The molecule has 0 bridgehead atoms. The normalized spacial score (nSPS) is 13.4. The summed E-state index contributed by atoms with van der Waals surface area (Å²) in [5, 5.41) is 2.49. The Bertz CT molecular complexity index is 625. The van der Waals surface area contributed by atoms with Gasteiger partial charge in [0.2, 0.25) is 10.0 Å². The first-order valence-corrected chi connectivity index (χ1v) is 7.49. The number of nitrogen functional groups attached to an aromatic ring is 1. The molecule has 18 heavy (non-hydrogen) atoms. The van der Waals surface area contributed by atoms with Crippen LogP contribution in [0.4, 0.5) is 5.82 Å². The lowest BCUT2D eigenvalue weighted by molar-refractivity contribution is 0.566. The Balaban J connectivity index is 2.26. The van der Waals surface area contributed by atoms with Crippen LogP contribution in [0.1, 0.15) is 18.0 Å². The third kappa shape index (κ3) is 2.66. The second-order valence-corrected chi connectivity index (χ2v) is 6.21. The highest BCUT2D eigenvalue weighted by atomic mass is 32.2. The minimum Gasteiger partial charge on any atom is -0.383 e. The first kappa shape index (κ1) is 12.9. The smallest absolute Gasteiger partial charge is 0.244 e. The molecule has 0 saturated heterocycles. The zero-order valence-corrected chi connectivity index (χ0v) is 11.2. The number of thiazole rings is 1. The number of rotatable bonds is 4. The van der Waals surface area contributed by atoms with E-state index in [0.29, 0.717) is 5.01 Å². The summed E-state index contributed by atoms with van der Waals surface area (Å²) >= 11 is 1.39. The van der Waals surface area contributed by atoms with Crippen molar-refractivity contribution in [3.8, 4) is 0 Å². The summed E-state index contributed by atoms with van der Waals surface area (Å²) in [5.74, 6) is -0.0173. The topological polar surface area (TPSA) is 98.0 Å². The van der Waals surface area contributed by atoms with Gasteiger partial charge in [0, 0.05) is 17.8 Å². The summed E-state index contributed by atoms with van der Waals surface area (Å²) in [4.78, 5) is 7.80. The van der Waals surface area contributed by atoms with Gasteiger partial charge in [0.05, 0.1) is 6.04 Å². The second-order valence-electron chi connectivity index (χ2n) is 3.60. The lowest BCUT2D eigenvalue weighted by atomic mass is 10.4. The number of nitrogens with one attached hydrogen (secondary N) is 1. The van der Waals surface area contributed by atoms with E-state index in [2.05, 4.69) is 14.7 Å². The summed E-state index contributed by atoms with van der Waals surface area (Å²) in [5.41, 5.74) is 5.56. The molecule has 0 aliphatic carbocycles. The zero-order chi connectivity index (χ0) is 13.2. The molecule has 0 aliphatic heterocycles. The molecule has 2 aromatic rings. The van der Waals surface area contributed by atoms with Crippen molar-refractivity contribution < 1.29 is 8.42 Å². The number of anilines is 1. The van der Waals surface area contributed by atoms with E-state index in [0.717, 1.165) is 0 Å². The Morgan fingerprint density at radius 3 is 2.78 bits per heavy atom. The van der Waals surface area contributed by atoms with Crippen molar-refractivity contribution in [1.82, 2.24) is 14.7 Å². The molecule has 0 spiro atoms. The van der Waals surface area contributed by atoms with Gasteiger partial charge < -0.3 is 5.73 Å². The third-order valence-corrected chi connectivity index (χ3v) is 4.79. The van der Waals surface area contributed by atoms with Crippen molar-refractivity contribution in [3.63, 3.8) is 0 Å². The van der Waals surface area contributed by atoms with Crippen molar-refractivity contribution in [3.05, 3.63) is 34.9 Å². The van der Waals surface area contributed by atoms with Gasteiger partial charge >= 0.3 is 0 Å². The molecule has 3 N–H and O–H groups in total. The first-order valence-electron chi connectivity index (χ1n) is 5.13. The van der Waals surface area contributed by atoms with Crippen LogP contribution in [0, 0.1) is 0 Å². The van der Waals surface area contributed by atoms with Crippen LogP contribution in [0.25, 0.3) is 0 Å². The maximum absolute atomic E-state index is 12.1. The Morgan fingerprint density at radius 1 is 1.39 bits per heavy atom.